The zero-order valence-corrected chi connectivity index (χ0v) is 7.41. The molecule has 7 heteroatoms. The van der Waals surface area contributed by atoms with Gasteiger partial charge in [-0.1, -0.05) is 0 Å². The molecule has 0 bridgehead atoms. The standard InChI is InChI=1S/C4H13N2O4P/c1-6(2)4-3-5-10-11(7,8)9/h5H,3-4H2,1-2H3,(H2,7,8,9). The lowest BCUT2D eigenvalue weighted by Crippen LogP contribution is -2.25. The maximum absolute atomic E-state index is 10.1. The molecule has 68 valence electrons. The van der Waals surface area contributed by atoms with E-state index in [0.29, 0.717) is 13.1 Å². The highest BCUT2D eigenvalue weighted by atomic mass is 31.2. The highest BCUT2D eigenvalue weighted by Gasteiger charge is 2.12. The van der Waals surface area contributed by atoms with E-state index >= 15 is 0 Å². The molecule has 0 spiro atoms. The first-order valence-electron chi connectivity index (χ1n) is 3.03. The molecule has 0 rings (SSSR count). The second kappa shape index (κ2) is 4.82. The van der Waals surface area contributed by atoms with Gasteiger partial charge in [0.2, 0.25) is 0 Å². The van der Waals surface area contributed by atoms with Crippen molar-refractivity contribution in [3.05, 3.63) is 0 Å². The molecule has 0 aliphatic rings. The van der Waals surface area contributed by atoms with Crippen LogP contribution in [0.25, 0.3) is 0 Å². The van der Waals surface area contributed by atoms with Crippen molar-refractivity contribution in [1.29, 1.82) is 0 Å². The Hall–Kier alpha value is 0.0300. The third-order valence-corrected chi connectivity index (χ3v) is 1.21. The van der Waals surface area contributed by atoms with Crippen LogP contribution >= 0.6 is 7.82 Å². The number of hydrogen-bond donors (Lipinski definition) is 3. The number of nitrogens with zero attached hydrogens (tertiary/aromatic N) is 1. The molecule has 0 atom stereocenters. The topological polar surface area (TPSA) is 82.0 Å². The molecule has 0 aromatic carbocycles. The van der Waals surface area contributed by atoms with Crippen molar-refractivity contribution in [3.63, 3.8) is 0 Å². The normalized spacial score (nSPS) is 12.5. The van der Waals surface area contributed by atoms with Gasteiger partial charge >= 0.3 is 7.82 Å². The molecule has 0 fully saturated rings. The Kier molecular flexibility index (Phi) is 4.83. The fraction of sp³-hybridized carbons (Fsp3) is 1.00. The Morgan fingerprint density at radius 1 is 1.55 bits per heavy atom. The van der Waals surface area contributed by atoms with Crippen molar-refractivity contribution in [1.82, 2.24) is 10.4 Å². The highest BCUT2D eigenvalue weighted by Crippen LogP contribution is 2.33. The van der Waals surface area contributed by atoms with Gasteiger partial charge in [-0.15, -0.1) is 0 Å². The summed E-state index contributed by atoms with van der Waals surface area (Å²) in [6.07, 6.45) is 0. The first-order chi connectivity index (χ1) is 4.92. The quantitative estimate of drug-likeness (QED) is 0.293. The highest BCUT2D eigenvalue weighted by molar-refractivity contribution is 7.46. The van der Waals surface area contributed by atoms with Crippen LogP contribution in [0.5, 0.6) is 0 Å². The number of phosphoric acid groups is 1. The SMILES string of the molecule is CN(C)CCNOP(=O)(O)O. The summed E-state index contributed by atoms with van der Waals surface area (Å²) < 4.78 is 14.0. The molecule has 0 radical (unpaired) electrons. The Morgan fingerprint density at radius 3 is 2.45 bits per heavy atom. The van der Waals surface area contributed by atoms with Crippen LogP contribution in [0.15, 0.2) is 0 Å². The summed E-state index contributed by atoms with van der Waals surface area (Å²) in [6, 6.07) is 0. The van der Waals surface area contributed by atoms with Crippen LogP contribution in [0, 0.1) is 0 Å². The zero-order chi connectivity index (χ0) is 8.91. The minimum absolute atomic E-state index is 0.373. The van der Waals surface area contributed by atoms with Crippen molar-refractivity contribution in [3.8, 4) is 0 Å². The third kappa shape index (κ3) is 10.0. The second-order valence-electron chi connectivity index (χ2n) is 2.28. The number of nitrogens with one attached hydrogen (secondary N) is 1. The number of likely N-dealkylation sites (N-methyl/N-ethyl adjacent to an activating group) is 1. The molecule has 0 aliphatic carbocycles. The first-order valence-corrected chi connectivity index (χ1v) is 4.56. The first kappa shape index (κ1) is 11.0. The summed E-state index contributed by atoms with van der Waals surface area (Å²) in [5, 5.41) is 0. The molecule has 0 aliphatic heterocycles. The number of rotatable bonds is 5. The zero-order valence-electron chi connectivity index (χ0n) is 6.52. The molecular formula is C4H13N2O4P. The Balaban J connectivity index is 3.22. The van der Waals surface area contributed by atoms with Gasteiger partial charge in [-0.2, -0.15) is 10.1 Å². The van der Waals surface area contributed by atoms with Crippen LogP contribution in [0.1, 0.15) is 0 Å². The summed E-state index contributed by atoms with van der Waals surface area (Å²) in [6.45, 7) is 1.03. The van der Waals surface area contributed by atoms with Crippen LogP contribution in [0.4, 0.5) is 0 Å². The van der Waals surface area contributed by atoms with E-state index in [1.807, 2.05) is 19.0 Å². The smallest absolute Gasteiger partial charge is 0.308 e. The molecule has 11 heavy (non-hydrogen) atoms. The summed E-state index contributed by atoms with van der Waals surface area (Å²) >= 11 is 0. The molecule has 0 unspecified atom stereocenters. The molecule has 0 amide bonds. The molecule has 0 aromatic rings. The summed E-state index contributed by atoms with van der Waals surface area (Å²) in [5.74, 6) is 0. The molecule has 3 N–H and O–H groups in total. The van der Waals surface area contributed by atoms with E-state index in [1.54, 1.807) is 0 Å². The molecule has 6 nitrogen and oxygen atoms in total. The van der Waals surface area contributed by atoms with Gasteiger partial charge in [0.25, 0.3) is 0 Å². The van der Waals surface area contributed by atoms with Gasteiger partial charge in [-0.05, 0) is 14.1 Å². The summed E-state index contributed by atoms with van der Waals surface area (Å²) in [7, 11) is -0.662. The third-order valence-electron chi connectivity index (χ3n) is 0.845. The number of hydrogen-bond acceptors (Lipinski definition) is 4. The van der Waals surface area contributed by atoms with E-state index < -0.39 is 7.82 Å². The van der Waals surface area contributed by atoms with Crippen LogP contribution in [-0.4, -0.2) is 41.9 Å². The maximum atomic E-state index is 10.1. The van der Waals surface area contributed by atoms with E-state index in [-0.39, 0.29) is 0 Å². The minimum atomic E-state index is -4.36. The largest absolute Gasteiger partial charge is 0.486 e. The van der Waals surface area contributed by atoms with Crippen molar-refractivity contribution in [2.75, 3.05) is 27.2 Å². The Morgan fingerprint density at radius 2 is 2.09 bits per heavy atom. The molecule has 0 saturated carbocycles. The van der Waals surface area contributed by atoms with Crippen molar-refractivity contribution >= 4 is 7.82 Å². The van der Waals surface area contributed by atoms with Crippen LogP contribution in [0.3, 0.4) is 0 Å². The van der Waals surface area contributed by atoms with Gasteiger partial charge in [0, 0.05) is 13.1 Å². The summed E-state index contributed by atoms with van der Waals surface area (Å²) in [4.78, 5) is 18.2. The van der Waals surface area contributed by atoms with Gasteiger partial charge in [-0.3, -0.25) is 0 Å². The second-order valence-corrected chi connectivity index (χ2v) is 3.44. The van der Waals surface area contributed by atoms with Gasteiger partial charge < -0.3 is 14.7 Å². The summed E-state index contributed by atoms with van der Waals surface area (Å²) in [5.41, 5.74) is 2.15. The van der Waals surface area contributed by atoms with E-state index in [2.05, 4.69) is 10.1 Å². The van der Waals surface area contributed by atoms with Crippen LogP contribution in [-0.2, 0) is 9.19 Å². The lowest BCUT2D eigenvalue weighted by molar-refractivity contribution is 0.120. The predicted octanol–water partition coefficient (Wildman–Crippen LogP) is -0.838. The molecule has 0 saturated heterocycles. The molecular weight excluding hydrogens is 171 g/mol. The monoisotopic (exact) mass is 184 g/mol. The van der Waals surface area contributed by atoms with E-state index in [1.165, 1.54) is 0 Å². The van der Waals surface area contributed by atoms with Gasteiger partial charge in [0.1, 0.15) is 0 Å². The predicted molar refractivity (Wildman–Crippen MR) is 39.7 cm³/mol. The van der Waals surface area contributed by atoms with E-state index in [4.69, 9.17) is 9.79 Å². The Bertz CT molecular complexity index is 145. The molecule has 0 aromatic heterocycles. The lowest BCUT2D eigenvalue weighted by Gasteiger charge is -2.10. The van der Waals surface area contributed by atoms with Crippen molar-refractivity contribution in [2.45, 2.75) is 0 Å². The van der Waals surface area contributed by atoms with Crippen molar-refractivity contribution < 1.29 is 19.0 Å². The number of hydroxylamine groups is 1. The fourth-order valence-electron chi connectivity index (χ4n) is 0.399. The maximum Gasteiger partial charge on any atom is 0.486 e. The lowest BCUT2D eigenvalue weighted by atomic mass is 10.6. The van der Waals surface area contributed by atoms with Crippen molar-refractivity contribution in [2.24, 2.45) is 0 Å². The van der Waals surface area contributed by atoms with E-state index in [9.17, 15) is 4.57 Å². The van der Waals surface area contributed by atoms with Crippen LogP contribution < -0.4 is 5.48 Å². The van der Waals surface area contributed by atoms with E-state index in [0.717, 1.165) is 0 Å². The average Bonchev–Trinajstić information content (AvgIpc) is 1.78. The fourth-order valence-corrected chi connectivity index (χ4v) is 0.658. The van der Waals surface area contributed by atoms with Gasteiger partial charge in [0.15, 0.2) is 0 Å². The Labute approximate surface area is 65.3 Å². The van der Waals surface area contributed by atoms with Gasteiger partial charge in [-0.25, -0.2) is 4.57 Å². The van der Waals surface area contributed by atoms with Gasteiger partial charge in [0.05, 0.1) is 0 Å². The minimum Gasteiger partial charge on any atom is -0.308 e. The van der Waals surface area contributed by atoms with Crippen LogP contribution in [0.2, 0.25) is 0 Å². The molecule has 0 heterocycles. The average molecular weight is 184 g/mol.